The Bertz CT molecular complexity index is 1110. The number of halogens is 1. The highest BCUT2D eigenvalue weighted by Gasteiger charge is 2.25. The summed E-state index contributed by atoms with van der Waals surface area (Å²) in [4.78, 5) is 39.4. The number of nitrogens with one attached hydrogen (secondary N) is 1. The van der Waals surface area contributed by atoms with Crippen molar-refractivity contribution < 1.29 is 14.4 Å². The number of ketones is 1. The molecule has 4 rings (SSSR count). The van der Waals surface area contributed by atoms with Crippen LogP contribution in [0.4, 0.5) is 11.4 Å². The van der Waals surface area contributed by atoms with E-state index >= 15 is 0 Å². The van der Waals surface area contributed by atoms with Gasteiger partial charge < -0.3 is 10.2 Å². The Balaban J connectivity index is 1.33. The maximum absolute atomic E-state index is 12.8. The van der Waals surface area contributed by atoms with Gasteiger partial charge in [0.15, 0.2) is 5.78 Å². The van der Waals surface area contributed by atoms with Crippen LogP contribution in [-0.2, 0) is 11.2 Å². The second-order valence-corrected chi connectivity index (χ2v) is 8.70. The number of nitrogens with zero attached hydrogens (tertiary/aromatic N) is 1. The van der Waals surface area contributed by atoms with E-state index in [1.165, 1.54) is 16.9 Å². The van der Waals surface area contributed by atoms with Gasteiger partial charge in [-0.25, -0.2) is 0 Å². The van der Waals surface area contributed by atoms with Crippen LogP contribution in [0, 0.1) is 0 Å². The number of amides is 2. The van der Waals surface area contributed by atoms with Gasteiger partial charge in [0.25, 0.3) is 5.91 Å². The smallest absolute Gasteiger partial charge is 0.258 e. The third-order valence-corrected chi connectivity index (χ3v) is 6.25. The van der Waals surface area contributed by atoms with Gasteiger partial charge in [0.1, 0.15) is 0 Å². The van der Waals surface area contributed by atoms with Crippen LogP contribution in [-0.4, -0.2) is 24.1 Å². The van der Waals surface area contributed by atoms with Crippen LogP contribution < -0.4 is 10.2 Å². The first kappa shape index (κ1) is 20.3. The molecule has 5 nitrogen and oxygen atoms in total. The molecule has 30 heavy (non-hydrogen) atoms. The highest BCUT2D eigenvalue weighted by molar-refractivity contribution is 7.18. The molecule has 152 valence electrons. The highest BCUT2D eigenvalue weighted by Crippen LogP contribution is 2.29. The molecule has 0 fully saturated rings. The number of para-hydroxylation sites is 1. The van der Waals surface area contributed by atoms with Crippen LogP contribution in [0.2, 0.25) is 4.34 Å². The van der Waals surface area contributed by atoms with Crippen molar-refractivity contribution in [3.05, 3.63) is 81.0 Å². The summed E-state index contributed by atoms with van der Waals surface area (Å²) in [6.07, 6.45) is 1.06. The summed E-state index contributed by atoms with van der Waals surface area (Å²) in [5.41, 5.74) is 3.28. The van der Waals surface area contributed by atoms with Gasteiger partial charge >= 0.3 is 0 Å². The Labute approximate surface area is 183 Å². The summed E-state index contributed by atoms with van der Waals surface area (Å²) in [6, 6.07) is 18.1. The third kappa shape index (κ3) is 4.45. The number of thiophene rings is 1. The molecule has 0 atom stereocenters. The van der Waals surface area contributed by atoms with Crippen molar-refractivity contribution in [2.45, 2.75) is 19.3 Å². The number of fused-ring (bicyclic) bond motifs is 1. The Kier molecular flexibility index (Phi) is 5.97. The predicted molar refractivity (Wildman–Crippen MR) is 120 cm³/mol. The summed E-state index contributed by atoms with van der Waals surface area (Å²) in [7, 11) is 0. The second-order valence-electron chi connectivity index (χ2n) is 6.99. The Hall–Kier alpha value is -2.96. The van der Waals surface area contributed by atoms with Gasteiger partial charge in [-0.3, -0.25) is 14.4 Å². The normalized spacial score (nSPS) is 12.5. The molecule has 1 aliphatic rings. The minimum absolute atomic E-state index is 0.0574. The molecule has 0 saturated carbocycles. The quantitative estimate of drug-likeness (QED) is 0.537. The van der Waals surface area contributed by atoms with Crippen LogP contribution >= 0.6 is 22.9 Å². The number of Topliss-reactive ketones (excluding diaryl/α,β-unsaturated/α-hetero) is 1. The molecule has 0 saturated heterocycles. The number of carbonyl (C=O) groups is 3. The van der Waals surface area contributed by atoms with Crippen LogP contribution in [0.15, 0.2) is 60.7 Å². The largest absolute Gasteiger partial charge is 0.326 e. The van der Waals surface area contributed by atoms with E-state index in [4.69, 9.17) is 11.6 Å². The van der Waals surface area contributed by atoms with Crippen LogP contribution in [0.5, 0.6) is 0 Å². The molecule has 1 aromatic heterocycles. The molecule has 0 spiro atoms. The van der Waals surface area contributed by atoms with Crippen molar-refractivity contribution in [2.24, 2.45) is 0 Å². The van der Waals surface area contributed by atoms with E-state index in [1.54, 1.807) is 41.3 Å². The van der Waals surface area contributed by atoms with E-state index in [0.29, 0.717) is 27.0 Å². The minimum Gasteiger partial charge on any atom is -0.326 e. The minimum atomic E-state index is -0.251. The lowest BCUT2D eigenvalue weighted by molar-refractivity contribution is -0.116. The van der Waals surface area contributed by atoms with Gasteiger partial charge in [0.2, 0.25) is 5.91 Å². The lowest BCUT2D eigenvalue weighted by Gasteiger charge is -2.17. The first-order valence-corrected chi connectivity index (χ1v) is 10.8. The molecule has 0 bridgehead atoms. The standard InChI is InChI=1S/C23H19ClN2O3S/c24-21-11-10-20(30-21)19(27)9-12-22(28)25-17-7-5-16(6-8-17)23(29)26-14-13-15-3-1-2-4-18(15)26/h1-8,10-11H,9,12-14H2,(H,25,28). The molecular formula is C23H19ClN2O3S. The fourth-order valence-corrected chi connectivity index (χ4v) is 4.45. The summed E-state index contributed by atoms with van der Waals surface area (Å²) >= 11 is 7.05. The van der Waals surface area contributed by atoms with Crippen LogP contribution in [0.25, 0.3) is 0 Å². The number of hydrogen-bond acceptors (Lipinski definition) is 4. The SMILES string of the molecule is O=C(CCC(=O)c1ccc(Cl)s1)Nc1ccc(C(=O)N2CCc3ccccc32)cc1. The number of hydrogen-bond donors (Lipinski definition) is 1. The van der Waals surface area contributed by atoms with Crippen molar-refractivity contribution in [3.63, 3.8) is 0 Å². The predicted octanol–water partition coefficient (Wildman–Crippen LogP) is 5.21. The number of anilines is 2. The zero-order valence-corrected chi connectivity index (χ0v) is 17.6. The third-order valence-electron chi connectivity index (χ3n) is 4.98. The molecule has 2 heterocycles. The van der Waals surface area contributed by atoms with Crippen molar-refractivity contribution >= 4 is 51.9 Å². The van der Waals surface area contributed by atoms with Crippen molar-refractivity contribution in [3.8, 4) is 0 Å². The van der Waals surface area contributed by atoms with Gasteiger partial charge in [0.05, 0.1) is 9.21 Å². The van der Waals surface area contributed by atoms with Crippen molar-refractivity contribution in [1.29, 1.82) is 0 Å². The monoisotopic (exact) mass is 438 g/mol. The van der Waals surface area contributed by atoms with E-state index in [1.807, 2.05) is 24.3 Å². The molecule has 0 radical (unpaired) electrons. The Morgan fingerprint density at radius 1 is 0.967 bits per heavy atom. The van der Waals surface area contributed by atoms with E-state index < -0.39 is 0 Å². The van der Waals surface area contributed by atoms with Gasteiger partial charge in [-0.05, 0) is 54.4 Å². The number of rotatable bonds is 6. The molecule has 0 unspecified atom stereocenters. The molecule has 1 aliphatic heterocycles. The van der Waals surface area contributed by atoms with E-state index in [0.717, 1.165) is 12.1 Å². The van der Waals surface area contributed by atoms with Crippen molar-refractivity contribution in [1.82, 2.24) is 0 Å². The van der Waals surface area contributed by atoms with Crippen LogP contribution in [0.1, 0.15) is 38.4 Å². The highest BCUT2D eigenvalue weighted by atomic mass is 35.5. The van der Waals surface area contributed by atoms with Gasteiger partial charge in [0, 0.05) is 36.3 Å². The fraction of sp³-hybridized carbons (Fsp3) is 0.174. The maximum atomic E-state index is 12.8. The zero-order chi connectivity index (χ0) is 21.1. The summed E-state index contributed by atoms with van der Waals surface area (Å²) in [5.74, 6) is -0.412. The lowest BCUT2D eigenvalue weighted by atomic mass is 10.1. The first-order valence-electron chi connectivity index (χ1n) is 9.59. The number of benzene rings is 2. The summed E-state index contributed by atoms with van der Waals surface area (Å²) in [6.45, 7) is 0.667. The summed E-state index contributed by atoms with van der Waals surface area (Å²) < 4.78 is 0.551. The van der Waals surface area contributed by atoms with Gasteiger partial charge in [-0.15, -0.1) is 11.3 Å². The molecule has 2 amide bonds. The average molecular weight is 439 g/mol. The molecule has 1 N–H and O–H groups in total. The number of carbonyl (C=O) groups excluding carboxylic acids is 3. The molecule has 7 heteroatoms. The van der Waals surface area contributed by atoms with Gasteiger partial charge in [-0.1, -0.05) is 29.8 Å². The Morgan fingerprint density at radius 3 is 2.47 bits per heavy atom. The van der Waals surface area contributed by atoms with Gasteiger partial charge in [-0.2, -0.15) is 0 Å². The van der Waals surface area contributed by atoms with E-state index in [-0.39, 0.29) is 30.4 Å². The average Bonchev–Trinajstić information content (AvgIpc) is 3.38. The molecule has 2 aromatic carbocycles. The lowest BCUT2D eigenvalue weighted by Crippen LogP contribution is -2.28. The molecule has 3 aromatic rings. The van der Waals surface area contributed by atoms with Crippen molar-refractivity contribution in [2.75, 3.05) is 16.8 Å². The molecule has 0 aliphatic carbocycles. The first-order chi connectivity index (χ1) is 14.5. The second kappa shape index (κ2) is 8.81. The zero-order valence-electron chi connectivity index (χ0n) is 16.1. The van der Waals surface area contributed by atoms with Crippen LogP contribution in [0.3, 0.4) is 0 Å². The fourth-order valence-electron chi connectivity index (χ4n) is 3.44. The maximum Gasteiger partial charge on any atom is 0.258 e. The molecular weight excluding hydrogens is 420 g/mol. The Morgan fingerprint density at radius 2 is 1.73 bits per heavy atom. The summed E-state index contributed by atoms with van der Waals surface area (Å²) in [5, 5.41) is 2.77. The topological polar surface area (TPSA) is 66.5 Å². The van der Waals surface area contributed by atoms with E-state index in [9.17, 15) is 14.4 Å². The van der Waals surface area contributed by atoms with E-state index in [2.05, 4.69) is 5.32 Å².